The molecule has 10 heteroatoms. The number of amides is 1. The maximum absolute atomic E-state index is 12.9. The molecule has 2 atom stereocenters. The summed E-state index contributed by atoms with van der Waals surface area (Å²) in [6.45, 7) is 7.94. The van der Waals surface area contributed by atoms with E-state index in [4.69, 9.17) is 4.74 Å². The van der Waals surface area contributed by atoms with Gasteiger partial charge in [-0.15, -0.1) is 0 Å². The van der Waals surface area contributed by atoms with Gasteiger partial charge in [0.25, 0.3) is 0 Å². The number of hydrogen-bond donors (Lipinski definition) is 3. The summed E-state index contributed by atoms with van der Waals surface area (Å²) in [5.41, 5.74) is 2.66. The number of piperidine rings is 1. The average molecular weight is 470 g/mol. The topological polar surface area (TPSA) is 85.3 Å². The Morgan fingerprint density at radius 3 is 2.58 bits per heavy atom. The normalized spacial score (nSPS) is 20.5. The molecule has 33 heavy (non-hydrogen) atoms. The first-order valence-electron chi connectivity index (χ1n) is 10.8. The van der Waals surface area contributed by atoms with Crippen molar-refractivity contribution in [3.8, 4) is 5.75 Å². The Morgan fingerprint density at radius 1 is 1.27 bits per heavy atom. The van der Waals surface area contributed by atoms with Crippen molar-refractivity contribution in [2.45, 2.75) is 58.5 Å². The number of carbonyl (C=O) groups is 1. The molecule has 1 saturated heterocycles. The highest BCUT2D eigenvalue weighted by atomic mass is 19.4. The van der Waals surface area contributed by atoms with Gasteiger partial charge < -0.3 is 19.8 Å². The molecular formula is C23H30F3N3O4. The molecule has 2 aliphatic heterocycles. The van der Waals surface area contributed by atoms with Gasteiger partial charge >= 0.3 is 12.3 Å². The number of nitrogens with one attached hydrogen (secondary N) is 1. The Bertz CT molecular complexity index is 953. The number of alkyl halides is 3. The molecule has 1 fully saturated rings. The molecule has 1 aromatic carbocycles. The van der Waals surface area contributed by atoms with Crippen molar-refractivity contribution in [3.63, 3.8) is 0 Å². The molecule has 2 heterocycles. The molecule has 0 spiro atoms. The zero-order valence-electron chi connectivity index (χ0n) is 19.1. The van der Waals surface area contributed by atoms with Crippen LogP contribution in [-0.2, 0) is 10.9 Å². The molecular weight excluding hydrogens is 439 g/mol. The second kappa shape index (κ2) is 9.17. The number of hydrazine groups is 1. The van der Waals surface area contributed by atoms with Crippen LogP contribution in [0, 0.1) is 5.92 Å². The van der Waals surface area contributed by atoms with Crippen LogP contribution in [-0.4, -0.2) is 51.1 Å². The van der Waals surface area contributed by atoms with Crippen LogP contribution in [0.25, 0.3) is 5.70 Å². The van der Waals surface area contributed by atoms with Crippen LogP contribution in [0.15, 0.2) is 36.0 Å². The highest BCUT2D eigenvalue weighted by molar-refractivity contribution is 5.74. The van der Waals surface area contributed by atoms with Crippen LogP contribution in [0.1, 0.15) is 51.7 Å². The van der Waals surface area contributed by atoms with Gasteiger partial charge in [0.15, 0.2) is 0 Å². The summed E-state index contributed by atoms with van der Waals surface area (Å²) in [5, 5.41) is 22.7. The molecule has 0 radical (unpaired) electrons. The minimum atomic E-state index is -4.57. The molecule has 3 rings (SSSR count). The van der Waals surface area contributed by atoms with Gasteiger partial charge in [-0.05, 0) is 70.4 Å². The van der Waals surface area contributed by atoms with Crippen molar-refractivity contribution in [3.05, 3.63) is 47.2 Å². The zero-order valence-corrected chi connectivity index (χ0v) is 19.1. The number of likely N-dealkylation sites (tertiary alicyclic amines) is 1. The Morgan fingerprint density at radius 2 is 1.97 bits per heavy atom. The van der Waals surface area contributed by atoms with Crippen molar-refractivity contribution in [2.24, 2.45) is 5.92 Å². The Balaban J connectivity index is 1.73. The number of allylic oxidation sites excluding steroid dienone is 2. The quantitative estimate of drug-likeness (QED) is 0.607. The third kappa shape index (κ3) is 5.93. The minimum absolute atomic E-state index is 0.182. The largest absolute Gasteiger partial charge is 0.507 e. The number of aliphatic hydroxyl groups excluding tert-OH is 1. The van der Waals surface area contributed by atoms with E-state index in [2.05, 4.69) is 5.43 Å². The second-order valence-corrected chi connectivity index (χ2v) is 9.36. The fourth-order valence-corrected chi connectivity index (χ4v) is 3.85. The van der Waals surface area contributed by atoms with E-state index in [-0.39, 0.29) is 11.5 Å². The summed E-state index contributed by atoms with van der Waals surface area (Å²) in [6, 6.07) is 2.77. The third-order valence-corrected chi connectivity index (χ3v) is 5.53. The van der Waals surface area contributed by atoms with Crippen molar-refractivity contribution in [1.29, 1.82) is 0 Å². The predicted octanol–water partition coefficient (Wildman–Crippen LogP) is 4.44. The molecule has 1 aromatic rings. The number of halogens is 3. The number of hydrogen-bond acceptors (Lipinski definition) is 6. The summed E-state index contributed by atoms with van der Waals surface area (Å²) in [7, 11) is 0. The number of phenolic OH excluding ortho intramolecular Hbond substituents is 1. The summed E-state index contributed by atoms with van der Waals surface area (Å²) >= 11 is 0. The molecule has 2 aliphatic rings. The van der Waals surface area contributed by atoms with Gasteiger partial charge in [-0.3, -0.25) is 10.4 Å². The molecule has 0 saturated carbocycles. The summed E-state index contributed by atoms with van der Waals surface area (Å²) in [5.74, 6) is -0.811. The number of aliphatic hydroxyl groups is 1. The molecule has 1 amide bonds. The smallest absolute Gasteiger partial charge is 0.416 e. The Labute approximate surface area is 191 Å². The number of carbonyl (C=O) groups excluding carboxylic acids is 1. The van der Waals surface area contributed by atoms with Gasteiger partial charge in [-0.1, -0.05) is 0 Å². The molecule has 3 N–H and O–H groups in total. The number of phenols is 1. The van der Waals surface area contributed by atoms with Gasteiger partial charge in [-0.2, -0.15) is 13.2 Å². The van der Waals surface area contributed by atoms with Gasteiger partial charge in [0.1, 0.15) is 17.6 Å². The maximum atomic E-state index is 12.9. The average Bonchev–Trinajstić information content (AvgIpc) is 2.72. The summed E-state index contributed by atoms with van der Waals surface area (Å²) in [6.07, 6.45) is -1.34. The van der Waals surface area contributed by atoms with E-state index in [1.165, 1.54) is 11.1 Å². The minimum Gasteiger partial charge on any atom is -0.507 e. The number of nitrogens with zero attached hydrogens (tertiary/aromatic N) is 2. The number of ether oxygens (including phenoxy) is 1. The van der Waals surface area contributed by atoms with Gasteiger partial charge in [-0.25, -0.2) is 4.79 Å². The first kappa shape index (κ1) is 24.8. The summed E-state index contributed by atoms with van der Waals surface area (Å²) < 4.78 is 44.3. The molecule has 7 nitrogen and oxygen atoms in total. The van der Waals surface area contributed by atoms with Crippen molar-refractivity contribution < 1.29 is 32.9 Å². The number of rotatable bonds is 3. The zero-order chi connectivity index (χ0) is 24.6. The fraction of sp³-hybridized carbons (Fsp3) is 0.522. The highest BCUT2D eigenvalue weighted by Gasteiger charge is 2.35. The first-order valence-corrected chi connectivity index (χ1v) is 10.8. The van der Waals surface area contributed by atoms with Crippen LogP contribution < -0.4 is 5.43 Å². The lowest BCUT2D eigenvalue weighted by molar-refractivity contribution is -0.137. The lowest BCUT2D eigenvalue weighted by atomic mass is 9.96. The van der Waals surface area contributed by atoms with Crippen LogP contribution in [0.4, 0.5) is 18.0 Å². The Kier molecular flexibility index (Phi) is 6.88. The van der Waals surface area contributed by atoms with E-state index in [1.54, 1.807) is 44.9 Å². The summed E-state index contributed by atoms with van der Waals surface area (Å²) in [4.78, 5) is 14.0. The maximum Gasteiger partial charge on any atom is 0.416 e. The second-order valence-electron chi connectivity index (χ2n) is 9.36. The van der Waals surface area contributed by atoms with Crippen molar-refractivity contribution in [2.75, 3.05) is 13.1 Å². The SMILES string of the molecule is CC1=C(c2ccc(C(F)(F)F)cc2O)NN(C(O)C2CCCN(C(=O)OC(C)(C)C)C2)C=C1. The van der Waals surface area contributed by atoms with Crippen LogP contribution in [0.3, 0.4) is 0 Å². The van der Waals surface area contributed by atoms with E-state index in [1.807, 2.05) is 0 Å². The molecule has 0 aliphatic carbocycles. The standard InChI is InChI=1S/C23H30F3N3O4/c1-14-9-11-29(27-19(14)17-8-7-16(12-18(17)30)23(24,25)26)20(31)15-6-5-10-28(13-15)21(32)33-22(2,3)4/h7-9,11-12,15,20,27,30-31H,5-6,10,13H2,1-4H3. The van der Waals surface area contributed by atoms with Crippen LogP contribution in [0.2, 0.25) is 0 Å². The van der Waals surface area contributed by atoms with Gasteiger partial charge in [0.05, 0.1) is 11.3 Å². The van der Waals surface area contributed by atoms with E-state index in [0.29, 0.717) is 43.3 Å². The van der Waals surface area contributed by atoms with E-state index >= 15 is 0 Å². The van der Waals surface area contributed by atoms with Crippen LogP contribution >= 0.6 is 0 Å². The van der Waals surface area contributed by atoms with Crippen molar-refractivity contribution in [1.82, 2.24) is 15.3 Å². The highest BCUT2D eigenvalue weighted by Crippen LogP contribution is 2.36. The lowest BCUT2D eigenvalue weighted by Crippen LogP contribution is -2.52. The Hall–Kier alpha value is -2.88. The predicted molar refractivity (Wildman–Crippen MR) is 116 cm³/mol. The molecule has 0 bridgehead atoms. The number of aromatic hydroxyl groups is 1. The van der Waals surface area contributed by atoms with Gasteiger partial charge in [0.2, 0.25) is 0 Å². The fourth-order valence-electron chi connectivity index (χ4n) is 3.85. The molecule has 2 unspecified atom stereocenters. The van der Waals surface area contributed by atoms with E-state index in [9.17, 15) is 28.2 Å². The van der Waals surface area contributed by atoms with Crippen molar-refractivity contribution >= 4 is 11.8 Å². The molecule has 182 valence electrons. The van der Waals surface area contributed by atoms with E-state index < -0.39 is 35.4 Å². The van der Waals surface area contributed by atoms with Gasteiger partial charge in [0, 0.05) is 30.8 Å². The monoisotopic (exact) mass is 469 g/mol. The molecule has 0 aromatic heterocycles. The number of benzene rings is 1. The van der Waals surface area contributed by atoms with E-state index in [0.717, 1.165) is 6.07 Å². The first-order chi connectivity index (χ1) is 15.3. The lowest BCUT2D eigenvalue weighted by Gasteiger charge is -2.40. The third-order valence-electron chi connectivity index (χ3n) is 5.53. The van der Waals surface area contributed by atoms with Crippen LogP contribution in [0.5, 0.6) is 5.75 Å².